The highest BCUT2D eigenvalue weighted by Crippen LogP contribution is 2.30. The molecule has 3 aromatic rings. The summed E-state index contributed by atoms with van der Waals surface area (Å²) in [5, 5.41) is 21.0. The van der Waals surface area contributed by atoms with E-state index in [1.54, 1.807) is 16.6 Å². The maximum atomic E-state index is 13.1. The number of pyridine rings is 1. The molecular formula is C25H30ClN9O2. The third-order valence-corrected chi connectivity index (χ3v) is 7.16. The molecule has 0 radical (unpaired) electrons. The lowest BCUT2D eigenvalue weighted by Crippen LogP contribution is -2.45. The van der Waals surface area contributed by atoms with Crippen LogP contribution in [0, 0.1) is 0 Å². The molecule has 0 aliphatic heterocycles. The smallest absolute Gasteiger partial charge is 0.315 e. The van der Waals surface area contributed by atoms with Gasteiger partial charge in [-0.2, -0.15) is 0 Å². The van der Waals surface area contributed by atoms with Gasteiger partial charge in [0.15, 0.2) is 11.3 Å². The molecule has 0 unspecified atom stereocenters. The zero-order chi connectivity index (χ0) is 25.4. The summed E-state index contributed by atoms with van der Waals surface area (Å²) < 4.78 is 1.58. The second kappa shape index (κ2) is 10.0. The largest absolute Gasteiger partial charge is 0.379 e. The van der Waals surface area contributed by atoms with Crippen LogP contribution in [0.3, 0.4) is 0 Å². The summed E-state index contributed by atoms with van der Waals surface area (Å²) in [6.45, 7) is 0. The zero-order valence-electron chi connectivity index (χ0n) is 20.3. The van der Waals surface area contributed by atoms with Crippen molar-refractivity contribution in [1.82, 2.24) is 30.2 Å². The van der Waals surface area contributed by atoms with E-state index in [9.17, 15) is 9.59 Å². The first-order chi connectivity index (χ1) is 18.0. The van der Waals surface area contributed by atoms with Crippen molar-refractivity contribution in [2.45, 2.75) is 75.5 Å². The second-order valence-corrected chi connectivity index (χ2v) is 10.5. The highest BCUT2D eigenvalue weighted by molar-refractivity contribution is 6.29. The van der Waals surface area contributed by atoms with E-state index in [1.165, 1.54) is 12.4 Å². The molecular weight excluding hydrogens is 494 g/mol. The molecule has 3 saturated carbocycles. The van der Waals surface area contributed by atoms with Gasteiger partial charge in [0.1, 0.15) is 11.0 Å². The summed E-state index contributed by atoms with van der Waals surface area (Å²) in [7, 11) is 0. The van der Waals surface area contributed by atoms with Gasteiger partial charge in [0.05, 0.1) is 11.9 Å². The van der Waals surface area contributed by atoms with Crippen molar-refractivity contribution >= 4 is 46.4 Å². The molecule has 0 aromatic carbocycles. The molecule has 0 spiro atoms. The molecule has 0 bridgehead atoms. The van der Waals surface area contributed by atoms with Gasteiger partial charge in [-0.3, -0.25) is 4.79 Å². The number of carbonyl (C=O) groups is 2. The van der Waals surface area contributed by atoms with Crippen LogP contribution < -0.4 is 26.6 Å². The molecule has 0 saturated heterocycles. The number of amides is 3. The average molecular weight is 524 g/mol. The summed E-state index contributed by atoms with van der Waals surface area (Å²) in [4.78, 5) is 33.6. The third kappa shape index (κ3) is 5.87. The fourth-order valence-corrected chi connectivity index (χ4v) is 4.83. The van der Waals surface area contributed by atoms with Crippen LogP contribution in [-0.4, -0.2) is 55.7 Å². The fraction of sp³-hybridized carbons (Fsp3) is 0.480. The van der Waals surface area contributed by atoms with E-state index in [4.69, 9.17) is 16.7 Å². The lowest BCUT2D eigenvalue weighted by molar-refractivity contribution is 0.102. The third-order valence-electron chi connectivity index (χ3n) is 6.95. The van der Waals surface area contributed by atoms with Crippen molar-refractivity contribution in [2.75, 3.05) is 16.0 Å². The Labute approximate surface area is 219 Å². The summed E-state index contributed by atoms with van der Waals surface area (Å²) in [5.74, 6) is 0.338. The van der Waals surface area contributed by atoms with E-state index in [0.717, 1.165) is 57.1 Å². The molecule has 3 aliphatic carbocycles. The Morgan fingerprint density at radius 2 is 1.51 bits per heavy atom. The normalized spacial score (nSPS) is 21.3. The van der Waals surface area contributed by atoms with Crippen LogP contribution in [0.4, 0.5) is 22.0 Å². The second-order valence-electron chi connectivity index (χ2n) is 10.1. The summed E-state index contributed by atoms with van der Waals surface area (Å²) in [6.07, 6.45) is 11.1. The quantitative estimate of drug-likeness (QED) is 0.283. The van der Waals surface area contributed by atoms with E-state index in [-0.39, 0.29) is 24.0 Å². The lowest BCUT2D eigenvalue weighted by atomic mass is 9.91. The van der Waals surface area contributed by atoms with Crippen LogP contribution in [0.1, 0.15) is 61.9 Å². The Morgan fingerprint density at radius 3 is 2.19 bits per heavy atom. The first-order valence-corrected chi connectivity index (χ1v) is 13.3. The minimum Gasteiger partial charge on any atom is -0.379 e. The molecule has 3 fully saturated rings. The molecule has 3 amide bonds. The summed E-state index contributed by atoms with van der Waals surface area (Å²) in [5.41, 5.74) is 2.31. The predicted molar refractivity (Wildman–Crippen MR) is 141 cm³/mol. The number of nitrogens with zero attached hydrogens (tertiary/aromatic N) is 4. The van der Waals surface area contributed by atoms with Gasteiger partial charge in [-0.25, -0.2) is 19.3 Å². The number of nitrogens with one attached hydrogen (secondary N) is 5. The van der Waals surface area contributed by atoms with E-state index < -0.39 is 0 Å². The number of aromatic nitrogens is 4. The van der Waals surface area contributed by atoms with Crippen LogP contribution >= 0.6 is 11.6 Å². The summed E-state index contributed by atoms with van der Waals surface area (Å²) >= 11 is 5.96. The van der Waals surface area contributed by atoms with Gasteiger partial charge in [-0.1, -0.05) is 11.6 Å². The summed E-state index contributed by atoms with van der Waals surface area (Å²) in [6, 6.07) is 6.36. The molecule has 37 heavy (non-hydrogen) atoms. The predicted octanol–water partition coefficient (Wildman–Crippen LogP) is 3.79. The Bertz CT molecular complexity index is 1310. The van der Waals surface area contributed by atoms with Crippen molar-refractivity contribution in [3.63, 3.8) is 0 Å². The highest BCUT2D eigenvalue weighted by atomic mass is 35.5. The van der Waals surface area contributed by atoms with Gasteiger partial charge in [0.2, 0.25) is 0 Å². The number of imidazole rings is 1. The molecule has 12 heteroatoms. The van der Waals surface area contributed by atoms with Crippen LogP contribution in [0.5, 0.6) is 0 Å². The van der Waals surface area contributed by atoms with Gasteiger partial charge in [-0.15, -0.1) is 5.10 Å². The number of urea groups is 1. The molecule has 3 heterocycles. The van der Waals surface area contributed by atoms with Gasteiger partial charge < -0.3 is 26.6 Å². The number of fused-ring (bicyclic) bond motifs is 1. The number of halogens is 1. The average Bonchev–Trinajstić information content (AvgIpc) is 3.80. The van der Waals surface area contributed by atoms with Crippen LogP contribution in [0.15, 0.2) is 30.6 Å². The van der Waals surface area contributed by atoms with Crippen molar-refractivity contribution in [3.8, 4) is 0 Å². The Morgan fingerprint density at radius 1 is 0.865 bits per heavy atom. The van der Waals surface area contributed by atoms with Crippen LogP contribution in [-0.2, 0) is 0 Å². The fourth-order valence-electron chi connectivity index (χ4n) is 4.65. The topological polar surface area (TPSA) is 137 Å². The highest BCUT2D eigenvalue weighted by Gasteiger charge is 2.28. The minimum absolute atomic E-state index is 0.0539. The molecule has 3 aliphatic rings. The van der Waals surface area contributed by atoms with E-state index in [1.807, 2.05) is 6.07 Å². The Hall–Kier alpha value is -3.60. The number of carbonyl (C=O) groups excluding carboxylic acids is 2. The van der Waals surface area contributed by atoms with Gasteiger partial charge in [-0.05, 0) is 63.5 Å². The molecule has 3 aromatic heterocycles. The van der Waals surface area contributed by atoms with Crippen LogP contribution in [0.2, 0.25) is 5.15 Å². The maximum absolute atomic E-state index is 13.1. The van der Waals surface area contributed by atoms with Gasteiger partial charge >= 0.3 is 6.03 Å². The zero-order valence-corrected chi connectivity index (χ0v) is 21.1. The number of hydrogen-bond acceptors (Lipinski definition) is 7. The molecule has 5 N–H and O–H groups in total. The maximum Gasteiger partial charge on any atom is 0.315 e. The van der Waals surface area contributed by atoms with Crippen molar-refractivity contribution in [2.24, 2.45) is 0 Å². The molecule has 194 valence electrons. The van der Waals surface area contributed by atoms with Crippen molar-refractivity contribution < 1.29 is 9.59 Å². The molecule has 0 atom stereocenters. The molecule has 6 rings (SSSR count). The van der Waals surface area contributed by atoms with Crippen molar-refractivity contribution in [3.05, 3.63) is 41.4 Å². The Balaban J connectivity index is 1.16. The van der Waals surface area contributed by atoms with E-state index in [0.29, 0.717) is 40.1 Å². The van der Waals surface area contributed by atoms with Crippen LogP contribution in [0.25, 0.3) is 5.65 Å². The lowest BCUT2D eigenvalue weighted by Gasteiger charge is -2.30. The van der Waals surface area contributed by atoms with E-state index in [2.05, 4.69) is 36.6 Å². The first-order valence-electron chi connectivity index (χ1n) is 12.9. The molecule has 11 nitrogen and oxygen atoms in total. The number of anilines is 3. The standard InChI is InChI=1S/C25H30ClN9O2/c26-21-11-18(9-10-27-21)31-24(36)20-13-28-23-19(29-14-1-2-14)12-22(34-35(20)23)30-15-3-5-16(6-4-15)32-25(37)33-17-7-8-17/h9-17,29H,1-8H2,(H,30,34)(H,27,31,36)(H2,32,33,37)/t15-,16-. The Kier molecular flexibility index (Phi) is 6.45. The van der Waals surface area contributed by atoms with E-state index >= 15 is 0 Å². The van der Waals surface area contributed by atoms with Crippen molar-refractivity contribution in [1.29, 1.82) is 0 Å². The monoisotopic (exact) mass is 523 g/mol. The number of hydrogen-bond donors (Lipinski definition) is 5. The van der Waals surface area contributed by atoms with Gasteiger partial charge in [0.25, 0.3) is 5.91 Å². The first kappa shape index (κ1) is 23.8. The number of rotatable bonds is 8. The van der Waals surface area contributed by atoms with Gasteiger partial charge in [0, 0.05) is 42.1 Å². The minimum atomic E-state index is -0.340. The SMILES string of the molecule is O=C(NC1CC1)N[C@H]1CC[C@H](Nc2cc(NC3CC3)c3ncc(C(=O)Nc4ccnc(Cl)c4)n3n2)CC1.